The van der Waals surface area contributed by atoms with Gasteiger partial charge >= 0.3 is 0 Å². The first-order chi connectivity index (χ1) is 8.47. The topological polar surface area (TPSA) is 42.0 Å². The van der Waals surface area contributed by atoms with E-state index in [0.717, 1.165) is 15.6 Å². The van der Waals surface area contributed by atoms with Crippen molar-refractivity contribution in [2.24, 2.45) is 0 Å². The highest BCUT2D eigenvalue weighted by atomic mass is 79.9. The number of carbonyl (C=O) groups is 1. The SMILES string of the molecule is Cc1cc(NC(=O)c2cc(C)c(C)s2)ncc1Br. The van der Waals surface area contributed by atoms with Crippen LogP contribution in [0.25, 0.3) is 0 Å². The number of hydrogen-bond donors (Lipinski definition) is 1. The second-order valence-corrected chi connectivity index (χ2v) is 6.23. The zero-order valence-electron chi connectivity index (χ0n) is 10.4. The first-order valence-corrected chi connectivity index (χ1v) is 7.09. The molecule has 0 aliphatic rings. The van der Waals surface area contributed by atoms with Gasteiger partial charge < -0.3 is 5.32 Å². The van der Waals surface area contributed by atoms with Crippen molar-refractivity contribution in [1.29, 1.82) is 0 Å². The second kappa shape index (κ2) is 5.20. The predicted molar refractivity (Wildman–Crippen MR) is 78.4 cm³/mol. The summed E-state index contributed by atoms with van der Waals surface area (Å²) in [6.45, 7) is 5.98. The maximum absolute atomic E-state index is 12.0. The van der Waals surface area contributed by atoms with E-state index >= 15 is 0 Å². The summed E-state index contributed by atoms with van der Waals surface area (Å²) >= 11 is 4.88. The highest BCUT2D eigenvalue weighted by Crippen LogP contribution is 2.22. The predicted octanol–water partition coefficient (Wildman–Crippen LogP) is 4.08. The maximum Gasteiger partial charge on any atom is 0.266 e. The third-order valence-electron chi connectivity index (χ3n) is 2.68. The molecule has 18 heavy (non-hydrogen) atoms. The molecular weight excluding hydrogens is 312 g/mol. The average Bonchev–Trinajstić information content (AvgIpc) is 2.65. The molecule has 0 unspecified atom stereocenters. The van der Waals surface area contributed by atoms with Crippen LogP contribution in [0.5, 0.6) is 0 Å². The number of nitrogens with one attached hydrogen (secondary N) is 1. The molecule has 2 rings (SSSR count). The van der Waals surface area contributed by atoms with E-state index < -0.39 is 0 Å². The van der Waals surface area contributed by atoms with E-state index in [-0.39, 0.29) is 5.91 Å². The number of halogens is 1. The Hall–Kier alpha value is -1.20. The van der Waals surface area contributed by atoms with E-state index in [4.69, 9.17) is 0 Å². The summed E-state index contributed by atoms with van der Waals surface area (Å²) in [4.78, 5) is 18.1. The Kier molecular flexibility index (Phi) is 3.82. The number of thiophene rings is 1. The Bertz CT molecular complexity index is 588. The lowest BCUT2D eigenvalue weighted by atomic mass is 10.2. The van der Waals surface area contributed by atoms with Gasteiger partial charge in [0, 0.05) is 15.5 Å². The van der Waals surface area contributed by atoms with Crippen molar-refractivity contribution in [3.8, 4) is 0 Å². The van der Waals surface area contributed by atoms with Crippen molar-refractivity contribution in [2.75, 3.05) is 5.32 Å². The molecular formula is C13H13BrN2OS. The van der Waals surface area contributed by atoms with Gasteiger partial charge in [-0.2, -0.15) is 0 Å². The van der Waals surface area contributed by atoms with Crippen molar-refractivity contribution in [3.05, 3.63) is 43.7 Å². The molecule has 1 amide bonds. The molecule has 1 N–H and O–H groups in total. The molecule has 0 bridgehead atoms. The number of nitrogens with zero attached hydrogens (tertiary/aromatic N) is 1. The Balaban J connectivity index is 2.18. The van der Waals surface area contributed by atoms with Crippen molar-refractivity contribution < 1.29 is 4.79 Å². The summed E-state index contributed by atoms with van der Waals surface area (Å²) in [7, 11) is 0. The number of aryl methyl sites for hydroxylation is 3. The van der Waals surface area contributed by atoms with E-state index in [0.29, 0.717) is 10.7 Å². The lowest BCUT2D eigenvalue weighted by Gasteiger charge is -2.04. The molecule has 94 valence electrons. The normalized spacial score (nSPS) is 10.4. The minimum atomic E-state index is -0.106. The second-order valence-electron chi connectivity index (χ2n) is 4.12. The molecule has 2 heterocycles. The largest absolute Gasteiger partial charge is 0.306 e. The van der Waals surface area contributed by atoms with Crippen molar-refractivity contribution in [3.63, 3.8) is 0 Å². The number of aromatic nitrogens is 1. The Morgan fingerprint density at radius 3 is 2.56 bits per heavy atom. The molecule has 0 radical (unpaired) electrons. The van der Waals surface area contributed by atoms with Gasteiger partial charge in [-0.25, -0.2) is 4.98 Å². The van der Waals surface area contributed by atoms with Gasteiger partial charge in [-0.3, -0.25) is 4.79 Å². The minimum Gasteiger partial charge on any atom is -0.306 e. The Morgan fingerprint density at radius 2 is 2.00 bits per heavy atom. The van der Waals surface area contributed by atoms with Crippen LogP contribution < -0.4 is 5.32 Å². The van der Waals surface area contributed by atoms with Gasteiger partial charge in [-0.15, -0.1) is 11.3 Å². The van der Waals surface area contributed by atoms with Crippen LogP contribution in [-0.2, 0) is 0 Å². The standard InChI is InChI=1S/C13H13BrN2OS/c1-7-4-11(18-9(7)3)13(17)16-12-5-8(2)10(14)6-15-12/h4-6H,1-3H3,(H,15,16,17). The van der Waals surface area contributed by atoms with Gasteiger partial charge in [-0.1, -0.05) is 0 Å². The molecule has 0 aliphatic carbocycles. The highest BCUT2D eigenvalue weighted by Gasteiger charge is 2.11. The molecule has 2 aromatic rings. The summed E-state index contributed by atoms with van der Waals surface area (Å²) in [5.41, 5.74) is 2.18. The lowest BCUT2D eigenvalue weighted by molar-refractivity contribution is 0.103. The first kappa shape index (κ1) is 13.2. The van der Waals surface area contributed by atoms with Crippen LogP contribution in [-0.4, -0.2) is 10.9 Å². The van der Waals surface area contributed by atoms with Crippen LogP contribution >= 0.6 is 27.3 Å². The molecule has 0 saturated heterocycles. The van der Waals surface area contributed by atoms with Crippen LogP contribution in [0.2, 0.25) is 0 Å². The third kappa shape index (κ3) is 2.79. The third-order valence-corrected chi connectivity index (χ3v) is 4.66. The molecule has 0 aliphatic heterocycles. The van der Waals surface area contributed by atoms with Crippen LogP contribution in [0, 0.1) is 20.8 Å². The van der Waals surface area contributed by atoms with Crippen molar-refractivity contribution in [2.45, 2.75) is 20.8 Å². The summed E-state index contributed by atoms with van der Waals surface area (Å²) < 4.78 is 0.934. The van der Waals surface area contributed by atoms with E-state index in [1.807, 2.05) is 32.9 Å². The quantitative estimate of drug-likeness (QED) is 0.904. The number of pyridine rings is 1. The Labute approximate surface area is 118 Å². The highest BCUT2D eigenvalue weighted by molar-refractivity contribution is 9.10. The number of anilines is 1. The number of rotatable bonds is 2. The monoisotopic (exact) mass is 324 g/mol. The summed E-state index contributed by atoms with van der Waals surface area (Å²) in [5, 5.41) is 2.81. The summed E-state index contributed by atoms with van der Waals surface area (Å²) in [6.07, 6.45) is 1.69. The maximum atomic E-state index is 12.0. The molecule has 0 fully saturated rings. The fourth-order valence-electron chi connectivity index (χ4n) is 1.47. The molecule has 0 aromatic carbocycles. The zero-order chi connectivity index (χ0) is 13.3. The number of hydrogen-bond acceptors (Lipinski definition) is 3. The number of carbonyl (C=O) groups excluding carboxylic acids is 1. The van der Waals surface area contributed by atoms with E-state index in [2.05, 4.69) is 26.2 Å². The van der Waals surface area contributed by atoms with Crippen molar-refractivity contribution >= 4 is 39.0 Å². The fraction of sp³-hybridized carbons (Fsp3) is 0.231. The van der Waals surface area contributed by atoms with Gasteiger partial charge in [0.1, 0.15) is 5.82 Å². The fourth-order valence-corrected chi connectivity index (χ4v) is 2.62. The summed E-state index contributed by atoms with van der Waals surface area (Å²) in [5.74, 6) is 0.467. The molecule has 0 atom stereocenters. The van der Waals surface area contributed by atoms with Gasteiger partial charge in [0.15, 0.2) is 0 Å². The zero-order valence-corrected chi connectivity index (χ0v) is 12.8. The lowest BCUT2D eigenvalue weighted by Crippen LogP contribution is -2.11. The van der Waals surface area contributed by atoms with E-state index in [9.17, 15) is 4.79 Å². The van der Waals surface area contributed by atoms with Crippen LogP contribution in [0.3, 0.4) is 0 Å². The van der Waals surface area contributed by atoms with Crippen LogP contribution in [0.15, 0.2) is 22.8 Å². The average molecular weight is 325 g/mol. The Morgan fingerprint density at radius 1 is 1.28 bits per heavy atom. The molecule has 5 heteroatoms. The van der Waals surface area contributed by atoms with Gasteiger partial charge in [0.05, 0.1) is 4.88 Å². The molecule has 0 spiro atoms. The molecule has 3 nitrogen and oxygen atoms in total. The van der Waals surface area contributed by atoms with Gasteiger partial charge in [0.25, 0.3) is 5.91 Å². The van der Waals surface area contributed by atoms with Gasteiger partial charge in [0.2, 0.25) is 0 Å². The molecule has 2 aromatic heterocycles. The van der Waals surface area contributed by atoms with E-state index in [1.165, 1.54) is 16.2 Å². The van der Waals surface area contributed by atoms with Crippen LogP contribution in [0.4, 0.5) is 5.82 Å². The summed E-state index contributed by atoms with van der Waals surface area (Å²) in [6, 6.07) is 3.75. The van der Waals surface area contributed by atoms with E-state index in [1.54, 1.807) is 6.20 Å². The first-order valence-electron chi connectivity index (χ1n) is 5.48. The van der Waals surface area contributed by atoms with Crippen molar-refractivity contribution in [1.82, 2.24) is 4.98 Å². The van der Waals surface area contributed by atoms with Crippen LogP contribution in [0.1, 0.15) is 25.7 Å². The smallest absolute Gasteiger partial charge is 0.266 e. The van der Waals surface area contributed by atoms with Gasteiger partial charge in [-0.05, 0) is 60.0 Å². The number of amides is 1. The minimum absolute atomic E-state index is 0.106. The molecule has 0 saturated carbocycles.